The van der Waals surface area contributed by atoms with E-state index in [4.69, 9.17) is 4.74 Å². The summed E-state index contributed by atoms with van der Waals surface area (Å²) in [5.74, 6) is -0.0337. The Labute approximate surface area is 136 Å². The van der Waals surface area contributed by atoms with Crippen molar-refractivity contribution in [2.45, 2.75) is 45.7 Å². The first-order valence-corrected chi connectivity index (χ1v) is 8.02. The molecule has 0 aromatic carbocycles. The Morgan fingerprint density at radius 1 is 1.27 bits per heavy atom. The molecule has 0 aliphatic heterocycles. The smallest absolute Gasteiger partial charge is 0.244 e. The normalized spacial score (nSPS) is 14.0. The predicted molar refractivity (Wildman–Crippen MR) is 93.1 cm³/mol. The fourth-order valence-electron chi connectivity index (χ4n) is 1.93. The number of carbonyl (C=O) groups is 1. The molecule has 0 aromatic heterocycles. The van der Waals surface area contributed by atoms with E-state index in [9.17, 15) is 4.79 Å². The zero-order chi connectivity index (χ0) is 17.2. The molecule has 5 nitrogen and oxygen atoms in total. The quantitative estimate of drug-likeness (QED) is 0.624. The summed E-state index contributed by atoms with van der Waals surface area (Å²) in [5, 5.41) is 2.91. The van der Waals surface area contributed by atoms with Crippen molar-refractivity contribution in [2.24, 2.45) is 0 Å². The first-order chi connectivity index (χ1) is 10.2. The maximum absolute atomic E-state index is 11.7. The number of hydrogen-bond donors (Lipinski definition) is 1. The topological polar surface area (TPSA) is 44.8 Å². The minimum Gasteiger partial charge on any atom is -0.383 e. The van der Waals surface area contributed by atoms with Crippen LogP contribution in [0.1, 0.15) is 34.1 Å². The van der Waals surface area contributed by atoms with E-state index < -0.39 is 0 Å². The van der Waals surface area contributed by atoms with Gasteiger partial charge in [0.25, 0.3) is 0 Å². The average Bonchev–Trinajstić information content (AvgIpc) is 2.40. The second-order valence-electron chi connectivity index (χ2n) is 7.01. The van der Waals surface area contributed by atoms with Crippen LogP contribution in [0.15, 0.2) is 12.2 Å². The number of nitrogens with zero attached hydrogens (tertiary/aromatic N) is 2. The molecule has 0 aliphatic rings. The zero-order valence-corrected chi connectivity index (χ0v) is 15.5. The number of likely N-dealkylation sites (N-methyl/N-ethyl adjacent to an activating group) is 2. The average molecular weight is 313 g/mol. The molecule has 0 saturated heterocycles. The summed E-state index contributed by atoms with van der Waals surface area (Å²) in [6.07, 6.45) is 4.63. The van der Waals surface area contributed by atoms with Gasteiger partial charge in [-0.05, 0) is 54.8 Å². The molecule has 1 amide bonds. The molecular formula is C17H35N3O2. The van der Waals surface area contributed by atoms with Crippen LogP contribution in [0.5, 0.6) is 0 Å². The van der Waals surface area contributed by atoms with Crippen LogP contribution in [-0.2, 0) is 9.53 Å². The molecule has 1 N–H and O–H groups in total. The van der Waals surface area contributed by atoms with E-state index in [2.05, 4.69) is 36.1 Å². The lowest BCUT2D eigenvalue weighted by atomic mass is 10.1. The lowest BCUT2D eigenvalue weighted by molar-refractivity contribution is -0.117. The van der Waals surface area contributed by atoms with Crippen molar-refractivity contribution in [1.29, 1.82) is 0 Å². The van der Waals surface area contributed by atoms with E-state index in [0.717, 1.165) is 32.7 Å². The summed E-state index contributed by atoms with van der Waals surface area (Å²) in [5.41, 5.74) is -0.185. The minimum atomic E-state index is -0.185. The van der Waals surface area contributed by atoms with Crippen molar-refractivity contribution >= 4 is 5.91 Å². The van der Waals surface area contributed by atoms with Gasteiger partial charge in [-0.3, -0.25) is 4.79 Å². The number of methoxy groups -OCH3 is 1. The molecule has 0 rings (SSSR count). The monoisotopic (exact) mass is 313 g/mol. The van der Waals surface area contributed by atoms with E-state index in [-0.39, 0.29) is 11.4 Å². The highest BCUT2D eigenvalue weighted by Gasteiger charge is 2.11. The molecular weight excluding hydrogens is 278 g/mol. The Hall–Kier alpha value is -0.910. The summed E-state index contributed by atoms with van der Waals surface area (Å²) < 4.78 is 5.10. The van der Waals surface area contributed by atoms with Crippen molar-refractivity contribution in [2.75, 3.05) is 47.4 Å². The van der Waals surface area contributed by atoms with Gasteiger partial charge in [0.2, 0.25) is 5.91 Å². The van der Waals surface area contributed by atoms with E-state index in [1.54, 1.807) is 13.2 Å². The van der Waals surface area contributed by atoms with Gasteiger partial charge >= 0.3 is 0 Å². The molecule has 0 fully saturated rings. The Balaban J connectivity index is 3.94. The minimum absolute atomic E-state index is 0.0337. The summed E-state index contributed by atoms with van der Waals surface area (Å²) in [4.78, 5) is 16.2. The molecule has 0 saturated carbocycles. The fourth-order valence-corrected chi connectivity index (χ4v) is 1.93. The second-order valence-corrected chi connectivity index (χ2v) is 7.01. The highest BCUT2D eigenvalue weighted by molar-refractivity contribution is 5.87. The fraction of sp³-hybridized carbons (Fsp3) is 0.824. The number of ether oxygens (including phenoxy) is 1. The van der Waals surface area contributed by atoms with Crippen molar-refractivity contribution in [3.63, 3.8) is 0 Å². The van der Waals surface area contributed by atoms with Crippen LogP contribution < -0.4 is 5.32 Å². The van der Waals surface area contributed by atoms with Crippen molar-refractivity contribution in [1.82, 2.24) is 15.1 Å². The largest absolute Gasteiger partial charge is 0.383 e. The second kappa shape index (κ2) is 10.8. The van der Waals surface area contributed by atoms with Crippen molar-refractivity contribution < 1.29 is 9.53 Å². The molecule has 1 unspecified atom stereocenters. The lowest BCUT2D eigenvalue weighted by Gasteiger charge is -2.26. The van der Waals surface area contributed by atoms with Crippen LogP contribution in [0.25, 0.3) is 0 Å². The number of amides is 1. The standard InChI is InChI=1S/C17H35N3O2/c1-15(20(6)13-14-22-7)10-12-19(5)11-8-9-16(21)18-17(2,3)4/h8-9,15H,10-14H2,1-7H3,(H,18,21)/b9-8+. The molecule has 0 heterocycles. The summed E-state index contributed by atoms with van der Waals surface area (Å²) >= 11 is 0. The Morgan fingerprint density at radius 3 is 2.45 bits per heavy atom. The van der Waals surface area contributed by atoms with Crippen LogP contribution in [0.2, 0.25) is 0 Å². The molecule has 1 atom stereocenters. The molecule has 0 spiro atoms. The van der Waals surface area contributed by atoms with Gasteiger partial charge < -0.3 is 19.9 Å². The van der Waals surface area contributed by atoms with Crippen LogP contribution in [-0.4, -0.2) is 74.7 Å². The third-order valence-electron chi connectivity index (χ3n) is 3.51. The van der Waals surface area contributed by atoms with Crippen LogP contribution in [0.3, 0.4) is 0 Å². The van der Waals surface area contributed by atoms with Gasteiger partial charge in [0.05, 0.1) is 6.61 Å². The van der Waals surface area contributed by atoms with Crippen molar-refractivity contribution in [3.05, 3.63) is 12.2 Å². The number of hydrogen-bond acceptors (Lipinski definition) is 4. The Morgan fingerprint density at radius 2 is 1.91 bits per heavy atom. The summed E-state index contributed by atoms with van der Waals surface area (Å²) in [7, 11) is 5.93. The molecule has 0 radical (unpaired) electrons. The maximum Gasteiger partial charge on any atom is 0.244 e. The third kappa shape index (κ3) is 11.7. The molecule has 5 heteroatoms. The van der Waals surface area contributed by atoms with E-state index in [0.29, 0.717) is 6.04 Å². The van der Waals surface area contributed by atoms with Gasteiger partial charge in [0, 0.05) is 37.9 Å². The van der Waals surface area contributed by atoms with E-state index in [1.165, 1.54) is 0 Å². The summed E-state index contributed by atoms with van der Waals surface area (Å²) in [6.45, 7) is 11.7. The Kier molecular flexibility index (Phi) is 10.3. The predicted octanol–water partition coefficient (Wildman–Crippen LogP) is 1.75. The highest BCUT2D eigenvalue weighted by atomic mass is 16.5. The first-order valence-electron chi connectivity index (χ1n) is 8.02. The molecule has 0 bridgehead atoms. The van der Waals surface area contributed by atoms with Gasteiger partial charge in [0.1, 0.15) is 0 Å². The Bertz CT molecular complexity index is 337. The number of nitrogens with one attached hydrogen (secondary N) is 1. The number of rotatable bonds is 10. The van der Waals surface area contributed by atoms with Gasteiger partial charge in [-0.25, -0.2) is 0 Å². The maximum atomic E-state index is 11.7. The summed E-state index contributed by atoms with van der Waals surface area (Å²) in [6, 6.07) is 0.519. The van der Waals surface area contributed by atoms with Gasteiger partial charge in [-0.1, -0.05) is 6.08 Å². The van der Waals surface area contributed by atoms with Crippen molar-refractivity contribution in [3.8, 4) is 0 Å². The number of carbonyl (C=O) groups excluding carboxylic acids is 1. The zero-order valence-electron chi connectivity index (χ0n) is 15.5. The van der Waals surface area contributed by atoms with Crippen LogP contribution >= 0.6 is 0 Å². The first kappa shape index (κ1) is 21.1. The van der Waals surface area contributed by atoms with Crippen LogP contribution in [0, 0.1) is 0 Å². The van der Waals surface area contributed by atoms with Gasteiger partial charge in [-0.2, -0.15) is 0 Å². The SMILES string of the molecule is COCCN(C)C(C)CCN(C)C/C=C/C(=O)NC(C)(C)C. The van der Waals surface area contributed by atoms with E-state index in [1.807, 2.05) is 26.8 Å². The van der Waals surface area contributed by atoms with Crippen LogP contribution in [0.4, 0.5) is 0 Å². The third-order valence-corrected chi connectivity index (χ3v) is 3.51. The van der Waals surface area contributed by atoms with Gasteiger partial charge in [0.15, 0.2) is 0 Å². The molecule has 22 heavy (non-hydrogen) atoms. The highest BCUT2D eigenvalue weighted by Crippen LogP contribution is 2.02. The molecule has 130 valence electrons. The molecule has 0 aromatic rings. The van der Waals surface area contributed by atoms with E-state index >= 15 is 0 Å². The van der Waals surface area contributed by atoms with Gasteiger partial charge in [-0.15, -0.1) is 0 Å². The lowest BCUT2D eigenvalue weighted by Crippen LogP contribution is -2.39. The molecule has 0 aliphatic carbocycles.